The summed E-state index contributed by atoms with van der Waals surface area (Å²) in [5.74, 6) is -1.73. The molecule has 0 spiro atoms. The first-order valence-corrected chi connectivity index (χ1v) is 7.03. The van der Waals surface area contributed by atoms with E-state index in [0.717, 1.165) is 6.07 Å². The van der Waals surface area contributed by atoms with Gasteiger partial charge in [-0.1, -0.05) is 18.2 Å². The summed E-state index contributed by atoms with van der Waals surface area (Å²) < 4.78 is 66.1. The van der Waals surface area contributed by atoms with E-state index in [4.69, 9.17) is 0 Å². The fourth-order valence-corrected chi connectivity index (χ4v) is 1.85. The number of ether oxygens (including phenoxy) is 1. The third-order valence-corrected chi connectivity index (χ3v) is 2.82. The highest BCUT2D eigenvalue weighted by molar-refractivity contribution is 5.87. The largest absolute Gasteiger partial charge is 0.573 e. The Labute approximate surface area is 143 Å². The zero-order valence-electron chi connectivity index (χ0n) is 13.1. The molecule has 0 atom stereocenters. The van der Waals surface area contributed by atoms with Crippen LogP contribution >= 0.6 is 0 Å². The molecule has 0 fully saturated rings. The third-order valence-electron chi connectivity index (χ3n) is 2.82. The predicted molar refractivity (Wildman–Crippen MR) is 78.5 cm³/mol. The molecule has 0 unspecified atom stereocenters. The van der Waals surface area contributed by atoms with Crippen LogP contribution in [0.15, 0.2) is 24.3 Å². The van der Waals surface area contributed by atoms with Crippen LogP contribution in [0.5, 0.6) is 5.75 Å². The molecule has 2 aromatic rings. The van der Waals surface area contributed by atoms with Gasteiger partial charge in [-0.3, -0.25) is 5.32 Å². The summed E-state index contributed by atoms with van der Waals surface area (Å²) in [5, 5.41) is 4.36. The van der Waals surface area contributed by atoms with E-state index in [2.05, 4.69) is 30.3 Å². The second-order valence-electron chi connectivity index (χ2n) is 4.83. The predicted octanol–water partition coefficient (Wildman–Crippen LogP) is 3.34. The van der Waals surface area contributed by atoms with Crippen LogP contribution in [-0.2, 0) is 6.54 Å². The van der Waals surface area contributed by atoms with Crippen LogP contribution in [0.2, 0.25) is 0 Å². The Hall–Kier alpha value is -3.05. The van der Waals surface area contributed by atoms with Crippen LogP contribution in [0.25, 0.3) is 0 Å². The summed E-state index contributed by atoms with van der Waals surface area (Å²) in [7, 11) is 0. The first kappa shape index (κ1) is 19.3. The summed E-state index contributed by atoms with van der Waals surface area (Å²) in [5.41, 5.74) is 0.0556. The Kier molecular flexibility index (Phi) is 5.85. The smallest absolute Gasteiger partial charge is 0.405 e. The average molecular weight is 377 g/mol. The standard InChI is InChI=1S/C14H12F5N5O2/c1-7-21-11(10(15)16)23-12(22-7)24-13(25)20-6-8-4-2-3-5-9(8)26-14(17,18)19/h2-5,10H,6H2,1H3,(H2,20,21,22,23,24,25). The summed E-state index contributed by atoms with van der Waals surface area (Å²) in [6.07, 6.45) is -7.83. The summed E-state index contributed by atoms with van der Waals surface area (Å²) >= 11 is 0. The molecule has 140 valence electrons. The van der Waals surface area contributed by atoms with Crippen molar-refractivity contribution in [3.8, 4) is 5.75 Å². The first-order chi connectivity index (χ1) is 12.1. The Balaban J connectivity index is 2.02. The number of amides is 2. The fraction of sp³-hybridized carbons (Fsp3) is 0.286. The van der Waals surface area contributed by atoms with Crippen molar-refractivity contribution < 1.29 is 31.5 Å². The number of nitrogens with zero attached hydrogens (tertiary/aromatic N) is 3. The van der Waals surface area contributed by atoms with Crippen LogP contribution in [0.3, 0.4) is 0 Å². The lowest BCUT2D eigenvalue weighted by Crippen LogP contribution is -2.30. The number of para-hydroxylation sites is 1. The fourth-order valence-electron chi connectivity index (χ4n) is 1.85. The monoisotopic (exact) mass is 377 g/mol. The molecule has 1 heterocycles. The molecular weight excluding hydrogens is 365 g/mol. The maximum atomic E-state index is 12.6. The lowest BCUT2D eigenvalue weighted by molar-refractivity contribution is -0.274. The van der Waals surface area contributed by atoms with Crippen molar-refractivity contribution in [2.24, 2.45) is 0 Å². The van der Waals surface area contributed by atoms with Crippen LogP contribution in [0.1, 0.15) is 23.6 Å². The molecule has 12 heteroatoms. The van der Waals surface area contributed by atoms with Gasteiger partial charge in [0.25, 0.3) is 6.43 Å². The van der Waals surface area contributed by atoms with Gasteiger partial charge in [-0.2, -0.15) is 9.97 Å². The Morgan fingerprint density at radius 1 is 1.19 bits per heavy atom. The maximum absolute atomic E-state index is 12.6. The second-order valence-corrected chi connectivity index (χ2v) is 4.83. The van der Waals surface area contributed by atoms with Crippen LogP contribution in [0.4, 0.5) is 32.7 Å². The highest BCUT2D eigenvalue weighted by Crippen LogP contribution is 2.26. The van der Waals surface area contributed by atoms with Gasteiger partial charge in [0.15, 0.2) is 0 Å². The van der Waals surface area contributed by atoms with Crippen molar-refractivity contribution in [3.05, 3.63) is 41.5 Å². The third kappa shape index (κ3) is 5.79. The van der Waals surface area contributed by atoms with E-state index in [1.807, 2.05) is 0 Å². The molecule has 2 amide bonds. The number of alkyl halides is 5. The number of urea groups is 1. The number of hydrogen-bond acceptors (Lipinski definition) is 5. The van der Waals surface area contributed by atoms with Crippen molar-refractivity contribution >= 4 is 12.0 Å². The molecular formula is C14H12F5N5O2. The number of carbonyl (C=O) groups is 1. The van der Waals surface area contributed by atoms with Gasteiger partial charge in [0.05, 0.1) is 0 Å². The Morgan fingerprint density at radius 2 is 1.88 bits per heavy atom. The van der Waals surface area contributed by atoms with E-state index >= 15 is 0 Å². The quantitative estimate of drug-likeness (QED) is 0.781. The number of aromatic nitrogens is 3. The highest BCUT2D eigenvalue weighted by atomic mass is 19.4. The van der Waals surface area contributed by atoms with E-state index in [0.29, 0.717) is 0 Å². The lowest BCUT2D eigenvalue weighted by atomic mass is 10.2. The number of halogens is 5. The van der Waals surface area contributed by atoms with Gasteiger partial charge in [-0.25, -0.2) is 18.6 Å². The molecule has 0 aliphatic heterocycles. The Bertz CT molecular complexity index is 785. The van der Waals surface area contributed by atoms with Crippen molar-refractivity contribution in [1.82, 2.24) is 20.3 Å². The Morgan fingerprint density at radius 3 is 2.54 bits per heavy atom. The first-order valence-electron chi connectivity index (χ1n) is 7.03. The molecule has 0 radical (unpaired) electrons. The SMILES string of the molecule is Cc1nc(NC(=O)NCc2ccccc2OC(F)(F)F)nc(C(F)F)n1. The number of rotatable bonds is 5. The molecule has 0 aliphatic carbocycles. The van der Waals surface area contributed by atoms with E-state index in [9.17, 15) is 26.7 Å². The number of carbonyl (C=O) groups excluding carboxylic acids is 1. The number of hydrogen-bond donors (Lipinski definition) is 2. The minimum absolute atomic E-state index is 0.0328. The lowest BCUT2D eigenvalue weighted by Gasteiger charge is -2.13. The average Bonchev–Trinajstić information content (AvgIpc) is 2.52. The number of benzene rings is 1. The molecule has 0 aliphatic rings. The summed E-state index contributed by atoms with van der Waals surface area (Å²) in [6, 6.07) is 4.31. The molecule has 0 saturated heterocycles. The van der Waals surface area contributed by atoms with Crippen molar-refractivity contribution in [2.45, 2.75) is 26.3 Å². The normalized spacial score (nSPS) is 11.3. The summed E-state index contributed by atoms with van der Waals surface area (Å²) in [6.45, 7) is 1.02. The minimum Gasteiger partial charge on any atom is -0.405 e. The second kappa shape index (κ2) is 7.89. The van der Waals surface area contributed by atoms with Crippen LogP contribution in [0, 0.1) is 6.92 Å². The molecule has 1 aromatic heterocycles. The van der Waals surface area contributed by atoms with Crippen molar-refractivity contribution in [1.29, 1.82) is 0 Å². The number of nitrogens with one attached hydrogen (secondary N) is 2. The molecule has 7 nitrogen and oxygen atoms in total. The van der Waals surface area contributed by atoms with Crippen molar-refractivity contribution in [3.63, 3.8) is 0 Å². The highest BCUT2D eigenvalue weighted by Gasteiger charge is 2.32. The maximum Gasteiger partial charge on any atom is 0.573 e. The number of aryl methyl sites for hydroxylation is 1. The van der Waals surface area contributed by atoms with E-state index in [1.165, 1.54) is 25.1 Å². The topological polar surface area (TPSA) is 89.0 Å². The molecule has 1 aromatic carbocycles. The van der Waals surface area contributed by atoms with Crippen LogP contribution < -0.4 is 15.4 Å². The van der Waals surface area contributed by atoms with Gasteiger partial charge in [-0.15, -0.1) is 13.2 Å². The summed E-state index contributed by atoms with van der Waals surface area (Å²) in [4.78, 5) is 22.3. The van der Waals surface area contributed by atoms with Gasteiger partial charge >= 0.3 is 12.4 Å². The minimum atomic E-state index is -4.88. The molecule has 2 rings (SSSR count). The number of anilines is 1. The van der Waals surface area contributed by atoms with E-state index < -0.39 is 36.3 Å². The van der Waals surface area contributed by atoms with Gasteiger partial charge < -0.3 is 10.1 Å². The van der Waals surface area contributed by atoms with E-state index in [1.54, 1.807) is 0 Å². The zero-order chi connectivity index (χ0) is 19.3. The van der Waals surface area contributed by atoms with Gasteiger partial charge in [0.1, 0.15) is 11.6 Å². The van der Waals surface area contributed by atoms with Crippen molar-refractivity contribution in [2.75, 3.05) is 5.32 Å². The van der Waals surface area contributed by atoms with Gasteiger partial charge in [0, 0.05) is 12.1 Å². The molecule has 26 heavy (non-hydrogen) atoms. The van der Waals surface area contributed by atoms with E-state index in [-0.39, 0.29) is 17.9 Å². The van der Waals surface area contributed by atoms with Gasteiger partial charge in [0.2, 0.25) is 11.8 Å². The molecule has 2 N–H and O–H groups in total. The molecule has 0 bridgehead atoms. The zero-order valence-corrected chi connectivity index (χ0v) is 13.1. The van der Waals surface area contributed by atoms with Gasteiger partial charge in [-0.05, 0) is 13.0 Å². The van der Waals surface area contributed by atoms with Crippen LogP contribution in [-0.4, -0.2) is 27.3 Å². The molecule has 0 saturated carbocycles.